The summed E-state index contributed by atoms with van der Waals surface area (Å²) in [6.45, 7) is -0.552. The molecule has 2 aromatic carbocycles. The van der Waals surface area contributed by atoms with E-state index in [0.717, 1.165) is 0 Å². The molecule has 2 rings (SSSR count). The summed E-state index contributed by atoms with van der Waals surface area (Å²) in [6.07, 6.45) is -0.435. The first-order chi connectivity index (χ1) is 12.7. The second-order valence-electron chi connectivity index (χ2n) is 5.36. The summed E-state index contributed by atoms with van der Waals surface area (Å²) in [5, 5.41) is 3.15. The lowest BCUT2D eigenvalue weighted by molar-refractivity contribution is -0.146. The number of carbonyl (C=O) groups excluding carboxylic acids is 2. The van der Waals surface area contributed by atoms with Crippen molar-refractivity contribution in [2.24, 2.45) is 0 Å². The molecule has 0 aliphatic rings. The van der Waals surface area contributed by atoms with E-state index in [4.69, 9.17) is 39.5 Å². The molecule has 27 heavy (non-hydrogen) atoms. The van der Waals surface area contributed by atoms with E-state index in [1.807, 2.05) is 0 Å². The van der Waals surface area contributed by atoms with Crippen molar-refractivity contribution in [2.45, 2.75) is 11.3 Å². The standard InChI is InChI=1S/C17H14Cl3NO5S/c18-11-2-1-3-13(8-11)21-16(22)10-26-17(23)6-7-27(24,25)15-9-12(19)4-5-14(15)20/h1-5,8-9H,6-7,10H2,(H,21,22). The maximum atomic E-state index is 12.3. The number of ether oxygens (including phenoxy) is 1. The Labute approximate surface area is 171 Å². The van der Waals surface area contributed by atoms with Crippen molar-refractivity contribution in [1.82, 2.24) is 0 Å². The molecule has 144 valence electrons. The third-order valence-corrected chi connectivity index (χ3v) is 5.94. The summed E-state index contributed by atoms with van der Waals surface area (Å²) in [6, 6.07) is 10.5. The van der Waals surface area contributed by atoms with Crippen molar-refractivity contribution in [1.29, 1.82) is 0 Å². The summed E-state index contributed by atoms with van der Waals surface area (Å²) >= 11 is 17.4. The molecule has 0 saturated heterocycles. The maximum Gasteiger partial charge on any atom is 0.307 e. The predicted octanol–water partition coefficient (Wildman–Crippen LogP) is 3.99. The van der Waals surface area contributed by atoms with Crippen LogP contribution < -0.4 is 5.32 Å². The van der Waals surface area contributed by atoms with Gasteiger partial charge in [-0.15, -0.1) is 0 Å². The SMILES string of the molecule is O=C(COC(=O)CCS(=O)(=O)c1cc(Cl)ccc1Cl)Nc1cccc(Cl)c1. The van der Waals surface area contributed by atoms with Gasteiger partial charge in [0.2, 0.25) is 0 Å². The number of amides is 1. The highest BCUT2D eigenvalue weighted by atomic mass is 35.5. The molecule has 2 aromatic rings. The van der Waals surface area contributed by atoms with Crippen LogP contribution in [0, 0.1) is 0 Å². The van der Waals surface area contributed by atoms with Gasteiger partial charge in [0, 0.05) is 15.7 Å². The molecule has 0 unspecified atom stereocenters. The predicted molar refractivity (Wildman–Crippen MR) is 104 cm³/mol. The Morgan fingerprint density at radius 3 is 2.41 bits per heavy atom. The molecule has 0 spiro atoms. The van der Waals surface area contributed by atoms with Crippen LogP contribution in [0.1, 0.15) is 6.42 Å². The molecule has 0 radical (unpaired) electrons. The van der Waals surface area contributed by atoms with E-state index in [9.17, 15) is 18.0 Å². The molecule has 0 heterocycles. The van der Waals surface area contributed by atoms with Gasteiger partial charge in [-0.3, -0.25) is 9.59 Å². The molecule has 0 saturated carbocycles. The second kappa shape index (κ2) is 9.41. The minimum absolute atomic E-state index is 0.00803. The van der Waals surface area contributed by atoms with E-state index >= 15 is 0 Å². The molecular formula is C17H14Cl3NO5S. The van der Waals surface area contributed by atoms with Crippen LogP contribution in [-0.2, 0) is 24.2 Å². The van der Waals surface area contributed by atoms with Crippen molar-refractivity contribution in [3.63, 3.8) is 0 Å². The third-order valence-electron chi connectivity index (χ3n) is 3.28. The van der Waals surface area contributed by atoms with Crippen molar-refractivity contribution in [3.05, 3.63) is 57.5 Å². The molecule has 1 amide bonds. The number of hydrogen-bond donors (Lipinski definition) is 1. The molecule has 0 atom stereocenters. The van der Waals surface area contributed by atoms with E-state index in [1.165, 1.54) is 24.3 Å². The number of nitrogens with one attached hydrogen (secondary N) is 1. The Morgan fingerprint density at radius 1 is 1.00 bits per heavy atom. The lowest BCUT2D eigenvalue weighted by Crippen LogP contribution is -2.22. The van der Waals surface area contributed by atoms with E-state index in [2.05, 4.69) is 5.32 Å². The van der Waals surface area contributed by atoms with Crippen molar-refractivity contribution < 1.29 is 22.7 Å². The summed E-state index contributed by atoms with van der Waals surface area (Å²) in [5.41, 5.74) is 0.446. The van der Waals surface area contributed by atoms with Crippen molar-refractivity contribution >= 4 is 62.2 Å². The van der Waals surface area contributed by atoms with Gasteiger partial charge in [-0.1, -0.05) is 40.9 Å². The van der Waals surface area contributed by atoms with Crippen LogP contribution in [0.25, 0.3) is 0 Å². The van der Waals surface area contributed by atoms with Gasteiger partial charge in [0.15, 0.2) is 16.4 Å². The van der Waals surface area contributed by atoms with Crippen LogP contribution in [0.4, 0.5) is 5.69 Å². The third kappa shape index (κ3) is 6.70. The van der Waals surface area contributed by atoms with Gasteiger partial charge >= 0.3 is 5.97 Å². The highest BCUT2D eigenvalue weighted by molar-refractivity contribution is 7.91. The number of esters is 1. The van der Waals surface area contributed by atoms with Crippen LogP contribution >= 0.6 is 34.8 Å². The molecular weight excluding hydrogens is 437 g/mol. The Bertz CT molecular complexity index is 963. The Hall–Kier alpha value is -1.80. The molecule has 0 bridgehead atoms. The van der Waals surface area contributed by atoms with Crippen LogP contribution in [0.2, 0.25) is 15.1 Å². The zero-order valence-electron chi connectivity index (χ0n) is 13.7. The Balaban J connectivity index is 1.85. The van der Waals surface area contributed by atoms with Crippen molar-refractivity contribution in [2.75, 3.05) is 17.7 Å². The normalized spacial score (nSPS) is 11.1. The maximum absolute atomic E-state index is 12.3. The molecule has 0 aromatic heterocycles. The number of benzene rings is 2. The van der Waals surface area contributed by atoms with Gasteiger partial charge in [0.05, 0.1) is 22.1 Å². The van der Waals surface area contributed by atoms with Gasteiger partial charge in [-0.2, -0.15) is 0 Å². The first kappa shape index (κ1) is 21.5. The quantitative estimate of drug-likeness (QED) is 0.644. The van der Waals surface area contributed by atoms with Gasteiger partial charge in [0.25, 0.3) is 5.91 Å². The summed E-state index contributed by atoms with van der Waals surface area (Å²) in [5.74, 6) is -1.94. The largest absolute Gasteiger partial charge is 0.456 e. The fourth-order valence-electron chi connectivity index (χ4n) is 2.02. The van der Waals surface area contributed by atoms with E-state index in [0.29, 0.717) is 10.7 Å². The van der Waals surface area contributed by atoms with Gasteiger partial charge in [-0.05, 0) is 36.4 Å². The van der Waals surface area contributed by atoms with Crippen LogP contribution in [-0.4, -0.2) is 32.7 Å². The van der Waals surface area contributed by atoms with Crippen LogP contribution in [0.5, 0.6) is 0 Å². The number of halogens is 3. The summed E-state index contributed by atoms with van der Waals surface area (Å²) < 4.78 is 29.3. The molecule has 1 N–H and O–H groups in total. The molecule has 0 aliphatic heterocycles. The lowest BCUT2D eigenvalue weighted by atomic mass is 10.3. The fraction of sp³-hybridized carbons (Fsp3) is 0.176. The lowest BCUT2D eigenvalue weighted by Gasteiger charge is -2.08. The molecule has 10 heteroatoms. The minimum atomic E-state index is -3.83. The van der Waals surface area contributed by atoms with Crippen LogP contribution in [0.15, 0.2) is 47.4 Å². The van der Waals surface area contributed by atoms with Crippen LogP contribution in [0.3, 0.4) is 0 Å². The fourth-order valence-corrected chi connectivity index (χ4v) is 4.25. The van der Waals surface area contributed by atoms with E-state index < -0.39 is 40.5 Å². The van der Waals surface area contributed by atoms with Gasteiger partial charge < -0.3 is 10.1 Å². The van der Waals surface area contributed by atoms with E-state index in [1.54, 1.807) is 18.2 Å². The number of sulfone groups is 1. The van der Waals surface area contributed by atoms with Gasteiger partial charge in [-0.25, -0.2) is 8.42 Å². The zero-order chi connectivity index (χ0) is 20.0. The second-order valence-corrected chi connectivity index (χ2v) is 8.72. The average Bonchev–Trinajstić information content (AvgIpc) is 2.60. The molecule has 0 fully saturated rings. The monoisotopic (exact) mass is 449 g/mol. The minimum Gasteiger partial charge on any atom is -0.456 e. The number of anilines is 1. The number of hydrogen-bond acceptors (Lipinski definition) is 5. The van der Waals surface area contributed by atoms with E-state index in [-0.39, 0.29) is 14.9 Å². The average molecular weight is 451 g/mol. The number of rotatable bonds is 7. The van der Waals surface area contributed by atoms with Gasteiger partial charge in [0.1, 0.15) is 0 Å². The summed E-state index contributed by atoms with van der Waals surface area (Å²) in [7, 11) is -3.83. The first-order valence-corrected chi connectivity index (χ1v) is 10.3. The Kier molecular flexibility index (Phi) is 7.49. The van der Waals surface area contributed by atoms with Crippen molar-refractivity contribution in [3.8, 4) is 0 Å². The molecule has 6 nitrogen and oxygen atoms in total. The summed E-state index contributed by atoms with van der Waals surface area (Å²) in [4.78, 5) is 23.3. The Morgan fingerprint density at radius 2 is 1.70 bits per heavy atom. The topological polar surface area (TPSA) is 89.5 Å². The highest BCUT2D eigenvalue weighted by Crippen LogP contribution is 2.26. The first-order valence-electron chi connectivity index (χ1n) is 7.56. The highest BCUT2D eigenvalue weighted by Gasteiger charge is 2.21. The number of carbonyl (C=O) groups is 2. The smallest absolute Gasteiger partial charge is 0.307 e. The molecule has 0 aliphatic carbocycles. The zero-order valence-corrected chi connectivity index (χ0v) is 16.8.